The van der Waals surface area contributed by atoms with E-state index in [-0.39, 0.29) is 18.0 Å². The Morgan fingerprint density at radius 3 is 2.32 bits per heavy atom. The van der Waals surface area contributed by atoms with E-state index in [9.17, 15) is 0 Å². The second-order valence-corrected chi connectivity index (χ2v) is 5.39. The molecular weight excluding hydrogens is 310 g/mol. The van der Waals surface area contributed by atoms with Gasteiger partial charge in [0, 0.05) is 43.0 Å². The first-order chi connectivity index (χ1) is 9.06. The van der Waals surface area contributed by atoms with Crippen LogP contribution in [-0.4, -0.2) is 45.4 Å². The number of nitrogens with one attached hydrogen (secondary N) is 1. The van der Waals surface area contributed by atoms with Gasteiger partial charge in [0.15, 0.2) is 0 Å². The quantitative estimate of drug-likeness (QED) is 0.650. The summed E-state index contributed by atoms with van der Waals surface area (Å²) in [5, 5.41) is 7.47. The average molecular weight is 328 g/mol. The molecule has 2 unspecified atom stereocenters. The fraction of sp³-hybridized carbons (Fsp3) is 0.462. The molecule has 1 saturated heterocycles. The number of hydrogen-bond acceptors (Lipinski definition) is 4. The Kier molecular flexibility index (Phi) is 4.44. The zero-order valence-electron chi connectivity index (χ0n) is 11.0. The highest BCUT2D eigenvalue weighted by Crippen LogP contribution is 2.28. The number of rotatable bonds is 4. The molecule has 19 heavy (non-hydrogen) atoms. The maximum atomic E-state index is 7.47. The lowest BCUT2D eigenvalue weighted by atomic mass is 10.2. The van der Waals surface area contributed by atoms with Crippen LogP contribution < -0.4 is 10.6 Å². The fourth-order valence-electron chi connectivity index (χ4n) is 2.33. The van der Waals surface area contributed by atoms with Crippen LogP contribution in [0.4, 0.5) is 5.69 Å². The molecule has 0 radical (unpaired) electrons. The highest BCUT2D eigenvalue weighted by molar-refractivity contribution is 9.10. The Morgan fingerprint density at radius 2 is 1.89 bits per heavy atom. The van der Waals surface area contributed by atoms with Gasteiger partial charge in [-0.2, -0.15) is 0 Å². The minimum absolute atomic E-state index is 0.0596. The second-order valence-electron chi connectivity index (χ2n) is 4.53. The van der Waals surface area contributed by atoms with E-state index >= 15 is 0 Å². The standard InChI is InChI=1S/C13H18BrN3O2/c1-18-11-6-17(7-12(11)19-2)8-3-4-9(13(15)16)10(14)5-8/h3-5,11-12H,6-7H2,1-2H3,(H3,15,16). The molecule has 1 aliphatic heterocycles. The number of amidine groups is 1. The Labute approximate surface area is 121 Å². The molecule has 1 aromatic carbocycles. The van der Waals surface area contributed by atoms with Gasteiger partial charge < -0.3 is 20.1 Å². The third-order valence-electron chi connectivity index (χ3n) is 3.43. The Bertz CT molecular complexity index is 469. The Morgan fingerprint density at radius 1 is 1.32 bits per heavy atom. The van der Waals surface area contributed by atoms with E-state index in [1.54, 1.807) is 14.2 Å². The molecule has 1 heterocycles. The van der Waals surface area contributed by atoms with Crippen LogP contribution in [0.5, 0.6) is 0 Å². The topological polar surface area (TPSA) is 71.6 Å². The summed E-state index contributed by atoms with van der Waals surface area (Å²) in [5.74, 6) is 0.0596. The van der Waals surface area contributed by atoms with Crippen molar-refractivity contribution in [1.29, 1.82) is 5.41 Å². The summed E-state index contributed by atoms with van der Waals surface area (Å²) in [6, 6.07) is 5.79. The maximum absolute atomic E-state index is 7.47. The van der Waals surface area contributed by atoms with Crippen molar-refractivity contribution in [2.45, 2.75) is 12.2 Å². The first-order valence-corrected chi connectivity index (χ1v) is 6.80. The summed E-state index contributed by atoms with van der Waals surface area (Å²) >= 11 is 3.45. The SMILES string of the molecule is COC1CN(c2ccc(C(=N)N)c(Br)c2)CC1OC. The normalized spacial score (nSPS) is 22.8. The molecule has 0 aromatic heterocycles. The summed E-state index contributed by atoms with van der Waals surface area (Å²) in [4.78, 5) is 2.21. The molecule has 1 aliphatic rings. The molecule has 0 spiro atoms. The maximum Gasteiger partial charge on any atom is 0.123 e. The van der Waals surface area contributed by atoms with Gasteiger partial charge >= 0.3 is 0 Å². The first kappa shape index (κ1) is 14.3. The zero-order chi connectivity index (χ0) is 14.0. The van der Waals surface area contributed by atoms with Gasteiger partial charge in [-0.1, -0.05) is 0 Å². The molecule has 104 valence electrons. The summed E-state index contributed by atoms with van der Waals surface area (Å²) in [5.41, 5.74) is 7.28. The highest BCUT2D eigenvalue weighted by Gasteiger charge is 2.33. The van der Waals surface area contributed by atoms with Crippen molar-refractivity contribution >= 4 is 27.5 Å². The van der Waals surface area contributed by atoms with Crippen molar-refractivity contribution in [3.63, 3.8) is 0 Å². The van der Waals surface area contributed by atoms with Crippen molar-refractivity contribution in [3.05, 3.63) is 28.2 Å². The van der Waals surface area contributed by atoms with Gasteiger partial charge in [0.1, 0.15) is 18.0 Å². The molecule has 1 fully saturated rings. The van der Waals surface area contributed by atoms with Crippen molar-refractivity contribution in [3.8, 4) is 0 Å². The number of benzene rings is 1. The van der Waals surface area contributed by atoms with Crippen LogP contribution in [0.3, 0.4) is 0 Å². The van der Waals surface area contributed by atoms with E-state index in [0.29, 0.717) is 5.56 Å². The molecule has 6 heteroatoms. The number of methoxy groups -OCH3 is 2. The van der Waals surface area contributed by atoms with Gasteiger partial charge in [0.05, 0.1) is 0 Å². The Balaban J connectivity index is 2.20. The van der Waals surface area contributed by atoms with Gasteiger partial charge in [-0.25, -0.2) is 0 Å². The number of nitrogens with two attached hydrogens (primary N) is 1. The minimum Gasteiger partial charge on any atom is -0.384 e. The van der Waals surface area contributed by atoms with Crippen LogP contribution in [-0.2, 0) is 9.47 Å². The fourth-order valence-corrected chi connectivity index (χ4v) is 2.91. The monoisotopic (exact) mass is 327 g/mol. The van der Waals surface area contributed by atoms with Crippen LogP contribution in [0, 0.1) is 5.41 Å². The molecule has 0 saturated carbocycles. The van der Waals surface area contributed by atoms with Crippen molar-refractivity contribution in [1.82, 2.24) is 0 Å². The molecule has 2 rings (SSSR count). The molecule has 0 bridgehead atoms. The number of nitrogen functional groups attached to an aromatic ring is 1. The van der Waals surface area contributed by atoms with Crippen molar-refractivity contribution in [2.75, 3.05) is 32.2 Å². The van der Waals surface area contributed by atoms with Crippen LogP contribution in [0.1, 0.15) is 5.56 Å². The van der Waals surface area contributed by atoms with Gasteiger partial charge in [-0.15, -0.1) is 0 Å². The second kappa shape index (κ2) is 5.90. The van der Waals surface area contributed by atoms with E-state index in [1.807, 2.05) is 18.2 Å². The lowest BCUT2D eigenvalue weighted by Gasteiger charge is -2.19. The van der Waals surface area contributed by atoms with Crippen molar-refractivity contribution in [2.24, 2.45) is 5.73 Å². The van der Waals surface area contributed by atoms with Gasteiger partial charge in [0.2, 0.25) is 0 Å². The smallest absolute Gasteiger partial charge is 0.123 e. The van der Waals surface area contributed by atoms with Gasteiger partial charge in [0.25, 0.3) is 0 Å². The van der Waals surface area contributed by atoms with E-state index in [4.69, 9.17) is 20.6 Å². The van der Waals surface area contributed by atoms with E-state index in [0.717, 1.165) is 23.2 Å². The molecule has 3 N–H and O–H groups in total. The number of ether oxygens (including phenoxy) is 2. The summed E-state index contributed by atoms with van der Waals surface area (Å²) < 4.78 is 11.7. The van der Waals surface area contributed by atoms with Crippen LogP contribution in [0.15, 0.2) is 22.7 Å². The predicted molar refractivity (Wildman–Crippen MR) is 79.0 cm³/mol. The molecular formula is C13H18BrN3O2. The number of anilines is 1. The van der Waals surface area contributed by atoms with E-state index < -0.39 is 0 Å². The third-order valence-corrected chi connectivity index (χ3v) is 4.08. The number of nitrogens with zero attached hydrogens (tertiary/aromatic N) is 1. The van der Waals surface area contributed by atoms with Crippen molar-refractivity contribution < 1.29 is 9.47 Å². The molecule has 0 aliphatic carbocycles. The summed E-state index contributed by atoms with van der Waals surface area (Å²) in [6.45, 7) is 1.59. The van der Waals surface area contributed by atoms with Gasteiger partial charge in [-0.05, 0) is 34.1 Å². The summed E-state index contributed by atoms with van der Waals surface area (Å²) in [6.07, 6.45) is 0.160. The zero-order valence-corrected chi connectivity index (χ0v) is 12.6. The molecule has 2 atom stereocenters. The van der Waals surface area contributed by atoms with E-state index in [1.165, 1.54) is 0 Å². The lowest BCUT2D eigenvalue weighted by Crippen LogP contribution is -2.27. The highest BCUT2D eigenvalue weighted by atomic mass is 79.9. The number of halogens is 1. The largest absolute Gasteiger partial charge is 0.384 e. The first-order valence-electron chi connectivity index (χ1n) is 6.01. The summed E-state index contributed by atoms with van der Waals surface area (Å²) in [7, 11) is 3.41. The van der Waals surface area contributed by atoms with Crippen LogP contribution in [0.25, 0.3) is 0 Å². The van der Waals surface area contributed by atoms with Crippen LogP contribution >= 0.6 is 15.9 Å². The predicted octanol–water partition coefficient (Wildman–Crippen LogP) is 1.58. The number of hydrogen-bond donors (Lipinski definition) is 2. The lowest BCUT2D eigenvalue weighted by molar-refractivity contribution is -0.00461. The Hall–Kier alpha value is -1.11. The molecule has 1 aromatic rings. The molecule has 5 nitrogen and oxygen atoms in total. The van der Waals surface area contributed by atoms with Crippen LogP contribution in [0.2, 0.25) is 0 Å². The minimum atomic E-state index is 0.0596. The van der Waals surface area contributed by atoms with Gasteiger partial charge in [-0.3, -0.25) is 5.41 Å². The average Bonchev–Trinajstić information content (AvgIpc) is 2.81. The molecule has 0 amide bonds. The third kappa shape index (κ3) is 2.91. The van der Waals surface area contributed by atoms with E-state index in [2.05, 4.69) is 20.8 Å².